The van der Waals surface area contributed by atoms with Crippen LogP contribution in [0, 0.1) is 25.5 Å². The van der Waals surface area contributed by atoms with E-state index in [4.69, 9.17) is 19.0 Å². The number of fused-ring (bicyclic) bond motifs is 1. The Morgan fingerprint density at radius 1 is 1.02 bits per heavy atom. The molecular weight excluding hydrogens is 594 g/mol. The largest absolute Gasteiger partial charge is 0.760 e. The minimum atomic E-state index is -2.43. The molecule has 0 aliphatic rings. The molecule has 3 aromatic carbocycles. The molecule has 0 radical (unpaired) electrons. The highest BCUT2D eigenvalue weighted by Gasteiger charge is 2.21. The molecule has 0 bridgehead atoms. The van der Waals surface area contributed by atoms with Gasteiger partial charge < -0.3 is 28.1 Å². The van der Waals surface area contributed by atoms with Crippen molar-refractivity contribution in [3.63, 3.8) is 0 Å². The standard InChI is InChI=1S/C32H30F2N2O7S/c1-18-12-21(13-19(2)30(18)41-11-10-37)29-16-24-31(43-29)25(17-36(3)32(24)38)23-14-20(8-9-35-44(39)40)4-6-27(23)42-28-7-5-22(33)15-26(28)34/h4-7,12-17,35,37H,8-11H2,1-3H3,(H,39,40)/p-1. The van der Waals surface area contributed by atoms with Crippen molar-refractivity contribution in [1.82, 2.24) is 9.29 Å². The Morgan fingerprint density at radius 3 is 2.43 bits per heavy atom. The van der Waals surface area contributed by atoms with Gasteiger partial charge in [-0.1, -0.05) is 6.07 Å². The lowest BCUT2D eigenvalue weighted by Crippen LogP contribution is -2.19. The number of nitrogens with one attached hydrogen (secondary N) is 1. The van der Waals surface area contributed by atoms with Gasteiger partial charge in [0.25, 0.3) is 5.56 Å². The smallest absolute Gasteiger partial charge is 0.261 e. The number of aliphatic hydroxyl groups is 1. The number of aryl methyl sites for hydroxylation is 3. The van der Waals surface area contributed by atoms with Gasteiger partial charge in [-0.2, -0.15) is 0 Å². The fraction of sp³-hybridized carbons (Fsp3) is 0.219. The summed E-state index contributed by atoms with van der Waals surface area (Å²) in [5.41, 5.74) is 3.93. The third-order valence-electron chi connectivity index (χ3n) is 7.01. The number of furan rings is 1. The van der Waals surface area contributed by atoms with E-state index < -0.39 is 22.9 Å². The number of hydrogen-bond donors (Lipinski definition) is 2. The van der Waals surface area contributed by atoms with E-state index in [0.717, 1.165) is 22.8 Å². The van der Waals surface area contributed by atoms with E-state index in [1.54, 1.807) is 37.5 Å². The number of ether oxygens (including phenoxy) is 2. The minimum Gasteiger partial charge on any atom is -0.760 e. The first kappa shape index (κ1) is 31.1. The fourth-order valence-electron chi connectivity index (χ4n) is 5.04. The molecule has 1 unspecified atom stereocenters. The van der Waals surface area contributed by atoms with Gasteiger partial charge >= 0.3 is 0 Å². The molecule has 2 heterocycles. The molecule has 0 saturated heterocycles. The lowest BCUT2D eigenvalue weighted by atomic mass is 10.0. The van der Waals surface area contributed by atoms with Gasteiger partial charge in [-0.25, -0.2) is 13.5 Å². The van der Waals surface area contributed by atoms with Gasteiger partial charge in [0.1, 0.15) is 35.3 Å². The van der Waals surface area contributed by atoms with Gasteiger partial charge in [0.15, 0.2) is 11.6 Å². The molecule has 0 amide bonds. The van der Waals surface area contributed by atoms with Crippen LogP contribution in [0.15, 0.2) is 70.0 Å². The summed E-state index contributed by atoms with van der Waals surface area (Å²) in [5, 5.41) is 9.45. The van der Waals surface area contributed by atoms with Crippen LogP contribution in [-0.4, -0.2) is 38.2 Å². The van der Waals surface area contributed by atoms with Crippen molar-refractivity contribution >= 4 is 22.2 Å². The lowest BCUT2D eigenvalue weighted by Gasteiger charge is -2.15. The molecule has 44 heavy (non-hydrogen) atoms. The average Bonchev–Trinajstić information content (AvgIpc) is 3.42. The van der Waals surface area contributed by atoms with Crippen molar-refractivity contribution in [2.24, 2.45) is 7.05 Å². The van der Waals surface area contributed by atoms with Gasteiger partial charge in [-0.05, 0) is 79.4 Å². The van der Waals surface area contributed by atoms with Crippen LogP contribution in [0.1, 0.15) is 16.7 Å². The van der Waals surface area contributed by atoms with Crippen LogP contribution in [0.4, 0.5) is 8.78 Å². The topological polar surface area (TPSA) is 126 Å². The highest BCUT2D eigenvalue weighted by Crippen LogP contribution is 2.41. The fourth-order valence-corrected chi connectivity index (χ4v) is 5.31. The summed E-state index contributed by atoms with van der Waals surface area (Å²) in [6, 6.07) is 13.4. The molecule has 9 nitrogen and oxygen atoms in total. The molecule has 5 aromatic rings. The number of pyridine rings is 1. The Hall–Kier alpha value is -4.36. The molecule has 0 fully saturated rings. The summed E-state index contributed by atoms with van der Waals surface area (Å²) in [6.45, 7) is 3.91. The molecule has 12 heteroatoms. The van der Waals surface area contributed by atoms with Gasteiger partial charge in [-0.3, -0.25) is 9.00 Å². The summed E-state index contributed by atoms with van der Waals surface area (Å²) in [5.74, 6) is -0.582. The number of aromatic nitrogens is 1. The van der Waals surface area contributed by atoms with Crippen molar-refractivity contribution in [1.29, 1.82) is 0 Å². The molecule has 5 rings (SSSR count). The summed E-state index contributed by atoms with van der Waals surface area (Å²) in [4.78, 5) is 13.3. The number of rotatable bonds is 11. The second-order valence-corrected chi connectivity index (χ2v) is 11.0. The van der Waals surface area contributed by atoms with Crippen molar-refractivity contribution in [3.8, 4) is 39.7 Å². The third-order valence-corrected chi connectivity index (χ3v) is 7.45. The van der Waals surface area contributed by atoms with Crippen molar-refractivity contribution in [3.05, 3.63) is 99.5 Å². The van der Waals surface area contributed by atoms with E-state index in [2.05, 4.69) is 4.72 Å². The zero-order chi connectivity index (χ0) is 31.5. The van der Waals surface area contributed by atoms with Crippen LogP contribution in [0.25, 0.3) is 33.4 Å². The van der Waals surface area contributed by atoms with E-state index in [1.165, 1.54) is 10.6 Å². The molecule has 1 atom stereocenters. The highest BCUT2D eigenvalue weighted by atomic mass is 32.2. The zero-order valence-electron chi connectivity index (χ0n) is 24.1. The van der Waals surface area contributed by atoms with E-state index in [-0.39, 0.29) is 42.4 Å². The molecule has 0 saturated carbocycles. The van der Waals surface area contributed by atoms with Crippen LogP contribution in [0.2, 0.25) is 0 Å². The quantitative estimate of drug-likeness (QED) is 0.188. The second-order valence-electron chi connectivity index (χ2n) is 10.2. The molecule has 0 aliphatic carbocycles. The maximum atomic E-state index is 14.6. The van der Waals surface area contributed by atoms with Crippen molar-refractivity contribution in [2.75, 3.05) is 19.8 Å². The average molecular weight is 624 g/mol. The van der Waals surface area contributed by atoms with Crippen LogP contribution < -0.4 is 19.8 Å². The van der Waals surface area contributed by atoms with Gasteiger partial charge in [0, 0.05) is 53.8 Å². The molecule has 0 aliphatic heterocycles. The highest BCUT2D eigenvalue weighted by molar-refractivity contribution is 7.77. The minimum absolute atomic E-state index is 0.119. The van der Waals surface area contributed by atoms with Gasteiger partial charge in [0.05, 0.1) is 12.0 Å². The monoisotopic (exact) mass is 623 g/mol. The van der Waals surface area contributed by atoms with Crippen LogP contribution >= 0.6 is 0 Å². The van der Waals surface area contributed by atoms with Crippen LogP contribution in [0.3, 0.4) is 0 Å². The first-order valence-corrected chi connectivity index (χ1v) is 14.7. The Labute approximate surface area is 254 Å². The molecule has 2 aromatic heterocycles. The first-order valence-electron chi connectivity index (χ1n) is 13.6. The van der Waals surface area contributed by atoms with E-state index in [0.29, 0.717) is 46.1 Å². The Bertz CT molecular complexity index is 1910. The Balaban J connectivity index is 1.66. The SMILES string of the molecule is Cc1cc(-c2cc3c(=O)n(C)cc(-c4cc(CCNS(=O)[O-])ccc4Oc4ccc(F)cc4F)c3o2)cc(C)c1OCCO. The predicted molar refractivity (Wildman–Crippen MR) is 161 cm³/mol. The van der Waals surface area contributed by atoms with E-state index in [1.807, 2.05) is 26.0 Å². The Kier molecular flexibility index (Phi) is 9.25. The van der Waals surface area contributed by atoms with Crippen LogP contribution in [-0.2, 0) is 24.7 Å². The maximum absolute atomic E-state index is 14.6. The first-order chi connectivity index (χ1) is 21.0. The number of nitrogens with zero attached hydrogens (tertiary/aromatic N) is 1. The van der Waals surface area contributed by atoms with Crippen molar-refractivity contribution in [2.45, 2.75) is 20.3 Å². The Morgan fingerprint density at radius 2 is 1.75 bits per heavy atom. The summed E-state index contributed by atoms with van der Waals surface area (Å²) in [6.07, 6.45) is 1.91. The van der Waals surface area contributed by atoms with E-state index >= 15 is 0 Å². The number of halogens is 2. The van der Waals surface area contributed by atoms with E-state index in [9.17, 15) is 22.3 Å². The summed E-state index contributed by atoms with van der Waals surface area (Å²) in [7, 11) is 1.59. The maximum Gasteiger partial charge on any atom is 0.261 e. The van der Waals surface area contributed by atoms with Crippen molar-refractivity contribution < 1.29 is 36.5 Å². The second kappa shape index (κ2) is 13.1. The summed E-state index contributed by atoms with van der Waals surface area (Å²) < 4.78 is 71.8. The molecular formula is C32H29F2N2O7S-. The normalized spacial score (nSPS) is 12.1. The molecule has 230 valence electrons. The summed E-state index contributed by atoms with van der Waals surface area (Å²) >= 11 is -2.43. The van der Waals surface area contributed by atoms with Gasteiger partial charge in [-0.15, -0.1) is 0 Å². The molecule has 2 N–H and O–H groups in total. The van der Waals surface area contributed by atoms with Gasteiger partial charge in [0.2, 0.25) is 0 Å². The number of hydrogen-bond acceptors (Lipinski definition) is 7. The third kappa shape index (κ3) is 6.58. The zero-order valence-corrected chi connectivity index (χ0v) is 24.9. The lowest BCUT2D eigenvalue weighted by molar-refractivity contribution is 0.200. The number of benzene rings is 3. The predicted octanol–water partition coefficient (Wildman–Crippen LogP) is 5.45. The molecule has 0 spiro atoms. The van der Waals surface area contributed by atoms with Crippen LogP contribution in [0.5, 0.6) is 17.2 Å². The number of aliphatic hydroxyl groups excluding tert-OH is 1.